The molecule has 1 N–H and O–H groups in total. The van der Waals surface area contributed by atoms with Crippen molar-refractivity contribution in [2.24, 2.45) is 17.8 Å². The number of likely N-dealkylation sites (tertiary alicyclic amines) is 1. The highest BCUT2D eigenvalue weighted by molar-refractivity contribution is 6.23. The third-order valence-corrected chi connectivity index (χ3v) is 8.42. The molecule has 198 valence electrons. The number of benzene rings is 2. The molecule has 3 aliphatic carbocycles. The van der Waals surface area contributed by atoms with Gasteiger partial charge in [0.25, 0.3) is 0 Å². The summed E-state index contributed by atoms with van der Waals surface area (Å²) in [5.74, 6) is -2.37. The molecule has 1 aliphatic heterocycles. The lowest BCUT2D eigenvalue weighted by atomic mass is 9.59. The van der Waals surface area contributed by atoms with Crippen LogP contribution >= 0.6 is 0 Å². The van der Waals surface area contributed by atoms with Gasteiger partial charge in [0, 0.05) is 28.2 Å². The van der Waals surface area contributed by atoms with Crippen molar-refractivity contribution in [2.45, 2.75) is 32.2 Å². The highest BCUT2D eigenvalue weighted by Gasteiger charge is 2.56. The number of carbonyl (C=O) groups excluding carboxylic acids is 4. The van der Waals surface area contributed by atoms with Gasteiger partial charge in [0.05, 0.1) is 25.0 Å². The summed E-state index contributed by atoms with van der Waals surface area (Å²) in [5.41, 5.74) is 3.69. The Morgan fingerprint density at radius 3 is 2.46 bits per heavy atom. The number of aliphatic hydroxyl groups excluding tert-OH is 1. The minimum absolute atomic E-state index is 0.0795. The van der Waals surface area contributed by atoms with E-state index >= 15 is 0 Å². The Balaban J connectivity index is 1.45. The van der Waals surface area contributed by atoms with Crippen LogP contribution < -0.4 is 4.74 Å². The van der Waals surface area contributed by atoms with Crippen LogP contribution in [0.25, 0.3) is 0 Å². The number of rotatable bonds is 6. The van der Waals surface area contributed by atoms with E-state index < -0.39 is 23.7 Å². The topological polar surface area (TPSA) is 101 Å². The van der Waals surface area contributed by atoms with Crippen LogP contribution in [0.5, 0.6) is 5.75 Å². The first kappa shape index (κ1) is 25.2. The molecule has 4 atom stereocenters. The van der Waals surface area contributed by atoms with Crippen molar-refractivity contribution >= 4 is 23.4 Å². The van der Waals surface area contributed by atoms with Gasteiger partial charge < -0.3 is 9.84 Å². The molecule has 0 bridgehead atoms. The van der Waals surface area contributed by atoms with Gasteiger partial charge in [-0.1, -0.05) is 60.2 Å². The van der Waals surface area contributed by atoms with Crippen LogP contribution in [0, 0.1) is 17.8 Å². The Labute approximate surface area is 226 Å². The van der Waals surface area contributed by atoms with Crippen molar-refractivity contribution in [3.05, 3.63) is 100 Å². The number of aliphatic hydroxyl groups is 1. The smallest absolute Gasteiger partial charge is 0.234 e. The molecule has 0 saturated carbocycles. The van der Waals surface area contributed by atoms with E-state index in [1.54, 1.807) is 13.0 Å². The Morgan fingerprint density at radius 1 is 0.949 bits per heavy atom. The number of hydrogen-bond donors (Lipinski definition) is 1. The van der Waals surface area contributed by atoms with E-state index in [0.29, 0.717) is 34.5 Å². The minimum Gasteiger partial charge on any atom is -0.491 e. The molecule has 4 aliphatic rings. The van der Waals surface area contributed by atoms with Crippen LogP contribution in [0.1, 0.15) is 36.8 Å². The Hall–Kier alpha value is -4.10. The largest absolute Gasteiger partial charge is 0.491 e. The lowest BCUT2D eigenvalue weighted by Gasteiger charge is -2.42. The predicted molar refractivity (Wildman–Crippen MR) is 142 cm³/mol. The molecule has 6 rings (SSSR count). The van der Waals surface area contributed by atoms with Crippen molar-refractivity contribution in [3.8, 4) is 5.75 Å². The minimum atomic E-state index is -0.600. The first-order valence-electron chi connectivity index (χ1n) is 13.3. The number of Topliss-reactive ketones (excluding diaryl/α,β-unsaturated/α-hetero) is 1. The van der Waals surface area contributed by atoms with E-state index in [9.17, 15) is 24.3 Å². The summed E-state index contributed by atoms with van der Waals surface area (Å²) in [6.45, 7) is 1.76. The number of hydrogen-bond acceptors (Lipinski definition) is 6. The summed E-state index contributed by atoms with van der Waals surface area (Å²) in [4.78, 5) is 55.6. The second-order valence-electron chi connectivity index (χ2n) is 10.6. The molecule has 1 heterocycles. The van der Waals surface area contributed by atoms with E-state index in [2.05, 4.69) is 0 Å². The average Bonchev–Trinajstić information content (AvgIpc) is 3.19. The fourth-order valence-electron chi connectivity index (χ4n) is 6.73. The molecule has 39 heavy (non-hydrogen) atoms. The molecule has 2 aromatic carbocycles. The second kappa shape index (κ2) is 9.89. The maximum Gasteiger partial charge on any atom is 0.234 e. The third kappa shape index (κ3) is 4.08. The summed E-state index contributed by atoms with van der Waals surface area (Å²) in [6, 6.07) is 16.7. The van der Waals surface area contributed by atoms with Crippen molar-refractivity contribution in [1.29, 1.82) is 0 Å². The Bertz CT molecular complexity index is 1480. The molecule has 7 nitrogen and oxygen atoms in total. The molecular formula is C32H29NO6. The Kier molecular flexibility index (Phi) is 6.39. The zero-order valence-electron chi connectivity index (χ0n) is 21.6. The molecule has 0 radical (unpaired) electrons. The van der Waals surface area contributed by atoms with Gasteiger partial charge in [-0.3, -0.25) is 24.1 Å². The van der Waals surface area contributed by atoms with Crippen molar-refractivity contribution in [1.82, 2.24) is 4.90 Å². The normalized spacial score (nSPS) is 26.2. The fraction of sp³-hybridized carbons (Fsp3) is 0.312. The maximum atomic E-state index is 13.9. The van der Waals surface area contributed by atoms with Crippen LogP contribution in [-0.4, -0.2) is 46.6 Å². The zero-order chi connectivity index (χ0) is 27.3. The van der Waals surface area contributed by atoms with E-state index in [1.165, 1.54) is 11.0 Å². The predicted octanol–water partition coefficient (Wildman–Crippen LogP) is 3.69. The van der Waals surface area contributed by atoms with Crippen LogP contribution in [0.15, 0.2) is 89.0 Å². The molecule has 0 aromatic heterocycles. The van der Waals surface area contributed by atoms with Gasteiger partial charge in [0.2, 0.25) is 11.8 Å². The van der Waals surface area contributed by atoms with E-state index in [1.807, 2.05) is 54.6 Å². The van der Waals surface area contributed by atoms with Gasteiger partial charge in [0.1, 0.15) is 12.4 Å². The molecule has 4 unspecified atom stereocenters. The second-order valence-corrected chi connectivity index (χ2v) is 10.6. The van der Waals surface area contributed by atoms with Gasteiger partial charge in [-0.05, 0) is 43.4 Å². The highest BCUT2D eigenvalue weighted by Crippen LogP contribution is 2.56. The van der Waals surface area contributed by atoms with Gasteiger partial charge in [0.15, 0.2) is 11.6 Å². The molecular weight excluding hydrogens is 494 g/mol. The number of carbonyl (C=O) groups is 4. The summed E-state index contributed by atoms with van der Waals surface area (Å²) in [5, 5.41) is 9.37. The van der Waals surface area contributed by atoms with E-state index in [-0.39, 0.29) is 49.6 Å². The standard InChI is InChI=1S/C32H29NO6/c1-18-15-25(35)29-24(30(18)36)16-23-20(27(29)21-9-5-6-10-26(21)39-14-13-34)11-12-22-28(23)32(38)33(31(22)37)17-19-7-3-2-4-8-19/h2-11,15,22-23,27-28,34H,12-14,16-17H2,1H3. The number of amides is 2. The molecule has 1 fully saturated rings. The van der Waals surface area contributed by atoms with Gasteiger partial charge in [-0.15, -0.1) is 0 Å². The number of imide groups is 1. The zero-order valence-corrected chi connectivity index (χ0v) is 21.6. The molecule has 0 spiro atoms. The quantitative estimate of drug-likeness (QED) is 0.352. The lowest BCUT2D eigenvalue weighted by molar-refractivity contribution is -0.140. The van der Waals surface area contributed by atoms with Crippen LogP contribution in [0.3, 0.4) is 0 Å². The number of fused-ring (bicyclic) bond motifs is 3. The first-order chi connectivity index (χ1) is 18.9. The van der Waals surface area contributed by atoms with Gasteiger partial charge >= 0.3 is 0 Å². The molecule has 1 saturated heterocycles. The fourth-order valence-corrected chi connectivity index (χ4v) is 6.73. The molecule has 7 heteroatoms. The van der Waals surface area contributed by atoms with Crippen LogP contribution in [-0.2, 0) is 25.7 Å². The number of ketones is 2. The SMILES string of the molecule is CC1=CC(=O)C2=C(CC3C(=CCC4C(=O)N(Cc5ccccc5)C(=O)C43)C2c2ccccc2OCCO)C1=O. The highest BCUT2D eigenvalue weighted by atomic mass is 16.5. The summed E-state index contributed by atoms with van der Waals surface area (Å²) in [7, 11) is 0. The lowest BCUT2D eigenvalue weighted by Crippen LogP contribution is -2.39. The number of allylic oxidation sites excluding steroid dienone is 6. The summed E-state index contributed by atoms with van der Waals surface area (Å²) >= 11 is 0. The first-order valence-corrected chi connectivity index (χ1v) is 13.3. The number of nitrogens with zero attached hydrogens (tertiary/aromatic N) is 1. The maximum absolute atomic E-state index is 13.9. The summed E-state index contributed by atoms with van der Waals surface area (Å²) in [6.07, 6.45) is 4.03. The monoisotopic (exact) mass is 523 g/mol. The molecule has 2 amide bonds. The van der Waals surface area contributed by atoms with Crippen molar-refractivity contribution in [2.75, 3.05) is 13.2 Å². The molecule has 2 aromatic rings. The van der Waals surface area contributed by atoms with Crippen molar-refractivity contribution in [3.63, 3.8) is 0 Å². The number of ether oxygens (including phenoxy) is 1. The number of para-hydroxylation sites is 1. The van der Waals surface area contributed by atoms with Crippen LogP contribution in [0.2, 0.25) is 0 Å². The van der Waals surface area contributed by atoms with E-state index in [4.69, 9.17) is 4.74 Å². The Morgan fingerprint density at radius 2 is 1.69 bits per heavy atom. The van der Waals surface area contributed by atoms with Crippen LogP contribution in [0.4, 0.5) is 0 Å². The van der Waals surface area contributed by atoms with Crippen molar-refractivity contribution < 1.29 is 29.0 Å². The van der Waals surface area contributed by atoms with Gasteiger partial charge in [-0.25, -0.2) is 0 Å². The third-order valence-electron chi connectivity index (χ3n) is 8.42. The van der Waals surface area contributed by atoms with E-state index in [0.717, 1.165) is 11.1 Å². The average molecular weight is 524 g/mol. The summed E-state index contributed by atoms with van der Waals surface area (Å²) < 4.78 is 5.85. The van der Waals surface area contributed by atoms with Gasteiger partial charge in [-0.2, -0.15) is 0 Å².